The number of halogens is 4. The minimum atomic E-state index is -0.642. The van der Waals surface area contributed by atoms with E-state index < -0.39 is 16.5 Å². The van der Waals surface area contributed by atoms with E-state index in [1.807, 2.05) is 25.1 Å². The molecule has 1 unspecified atom stereocenters. The van der Waals surface area contributed by atoms with Crippen LogP contribution in [-0.2, 0) is 0 Å². The molecule has 0 fully saturated rings. The predicted molar refractivity (Wildman–Crippen MR) is 82.6 cm³/mol. The van der Waals surface area contributed by atoms with Crippen molar-refractivity contribution in [2.75, 3.05) is 7.11 Å². The molecule has 1 atom stereocenters. The summed E-state index contributed by atoms with van der Waals surface area (Å²) in [5.74, 6) is -1.12. The number of ether oxygens (including phenoxy) is 1. The second kappa shape index (κ2) is 6.22. The molecule has 5 heteroatoms. The maximum atomic E-state index is 14.1. The van der Waals surface area contributed by atoms with Crippen LogP contribution in [0.5, 0.6) is 5.75 Å². The van der Waals surface area contributed by atoms with Crippen LogP contribution in [0.15, 0.2) is 34.8 Å². The molecule has 2 aromatic rings. The lowest BCUT2D eigenvalue weighted by atomic mass is 10.0. The van der Waals surface area contributed by atoms with Gasteiger partial charge in [0.15, 0.2) is 0 Å². The van der Waals surface area contributed by atoms with Gasteiger partial charge in [0.1, 0.15) is 17.4 Å². The van der Waals surface area contributed by atoms with Crippen molar-refractivity contribution in [3.8, 4) is 5.75 Å². The maximum Gasteiger partial charge on any atom is 0.134 e. The Hall–Kier alpha value is -0.940. The summed E-state index contributed by atoms with van der Waals surface area (Å²) < 4.78 is 33.8. The van der Waals surface area contributed by atoms with Crippen molar-refractivity contribution in [1.29, 1.82) is 0 Å². The molecule has 0 N–H and O–H groups in total. The lowest BCUT2D eigenvalue weighted by Crippen LogP contribution is -2.03. The van der Waals surface area contributed by atoms with Crippen LogP contribution in [0.2, 0.25) is 0 Å². The van der Waals surface area contributed by atoms with Crippen molar-refractivity contribution < 1.29 is 13.5 Å². The Morgan fingerprint density at radius 3 is 2.25 bits per heavy atom. The molecular weight excluding hydrogens is 394 g/mol. The summed E-state index contributed by atoms with van der Waals surface area (Å²) >= 11 is 6.78. The van der Waals surface area contributed by atoms with E-state index in [2.05, 4.69) is 31.9 Å². The van der Waals surface area contributed by atoms with Gasteiger partial charge in [0.25, 0.3) is 0 Å². The van der Waals surface area contributed by atoms with Gasteiger partial charge >= 0.3 is 0 Å². The average Bonchev–Trinajstić information content (AvgIpc) is 2.40. The molecule has 20 heavy (non-hydrogen) atoms. The first-order valence-electron chi connectivity index (χ1n) is 5.87. The summed E-state index contributed by atoms with van der Waals surface area (Å²) in [7, 11) is 1.37. The van der Waals surface area contributed by atoms with E-state index in [1.54, 1.807) is 0 Å². The summed E-state index contributed by atoms with van der Waals surface area (Å²) in [5.41, 5.74) is 1.76. The van der Waals surface area contributed by atoms with Gasteiger partial charge in [-0.1, -0.05) is 49.6 Å². The first kappa shape index (κ1) is 15.4. The number of aryl methyl sites for hydroxylation is 1. The fourth-order valence-electron chi connectivity index (χ4n) is 1.93. The van der Waals surface area contributed by atoms with Crippen molar-refractivity contribution in [3.63, 3.8) is 0 Å². The largest absolute Gasteiger partial charge is 0.497 e. The molecule has 0 aliphatic carbocycles. The number of methoxy groups -OCH3 is 1. The van der Waals surface area contributed by atoms with Crippen LogP contribution >= 0.6 is 31.9 Å². The predicted octanol–water partition coefficient (Wildman–Crippen LogP) is 5.53. The van der Waals surface area contributed by atoms with Gasteiger partial charge in [0.2, 0.25) is 0 Å². The second-order valence-electron chi connectivity index (χ2n) is 4.39. The van der Waals surface area contributed by atoms with Crippen LogP contribution in [0.25, 0.3) is 0 Å². The quantitative estimate of drug-likeness (QED) is 0.610. The van der Waals surface area contributed by atoms with Crippen LogP contribution in [0.3, 0.4) is 0 Å². The molecule has 0 aliphatic rings. The normalized spacial score (nSPS) is 12.3. The molecule has 2 aromatic carbocycles. The van der Waals surface area contributed by atoms with Gasteiger partial charge in [-0.15, -0.1) is 0 Å². The smallest absolute Gasteiger partial charge is 0.134 e. The number of hydrogen-bond donors (Lipinski definition) is 0. The molecule has 0 saturated carbocycles. The molecule has 0 heterocycles. The molecule has 0 spiro atoms. The van der Waals surface area contributed by atoms with Crippen molar-refractivity contribution in [3.05, 3.63) is 63.1 Å². The van der Waals surface area contributed by atoms with Crippen molar-refractivity contribution >= 4 is 31.9 Å². The zero-order chi connectivity index (χ0) is 14.9. The summed E-state index contributed by atoms with van der Waals surface area (Å²) in [4.78, 5) is -0.581. The van der Waals surface area contributed by atoms with Gasteiger partial charge in [-0.05, 0) is 18.6 Å². The topological polar surface area (TPSA) is 9.23 Å². The SMILES string of the molecule is COc1cc(F)c(C(Br)c2cc(C)ccc2Br)c(F)c1. The maximum absolute atomic E-state index is 14.1. The first-order valence-corrected chi connectivity index (χ1v) is 7.58. The molecule has 2 rings (SSSR count). The first-order chi connectivity index (χ1) is 9.43. The zero-order valence-corrected chi connectivity index (χ0v) is 14.1. The van der Waals surface area contributed by atoms with Crippen LogP contribution in [0, 0.1) is 18.6 Å². The molecule has 1 nitrogen and oxygen atoms in total. The highest BCUT2D eigenvalue weighted by molar-refractivity contribution is 9.11. The van der Waals surface area contributed by atoms with Crippen molar-refractivity contribution in [2.24, 2.45) is 0 Å². The van der Waals surface area contributed by atoms with E-state index in [1.165, 1.54) is 19.2 Å². The summed E-state index contributed by atoms with van der Waals surface area (Å²) in [6, 6.07) is 8.02. The molecule has 106 valence electrons. The molecule has 0 amide bonds. The van der Waals surface area contributed by atoms with Gasteiger partial charge in [-0.2, -0.15) is 0 Å². The Kier molecular flexibility index (Phi) is 4.81. The molecule has 0 radical (unpaired) electrons. The molecule has 0 bridgehead atoms. The van der Waals surface area contributed by atoms with Crippen molar-refractivity contribution in [1.82, 2.24) is 0 Å². The minimum Gasteiger partial charge on any atom is -0.497 e. The van der Waals surface area contributed by atoms with Gasteiger partial charge in [0.05, 0.1) is 11.9 Å². The van der Waals surface area contributed by atoms with Crippen LogP contribution in [0.4, 0.5) is 8.78 Å². The van der Waals surface area contributed by atoms with E-state index in [9.17, 15) is 8.78 Å². The van der Waals surface area contributed by atoms with Crippen molar-refractivity contribution in [2.45, 2.75) is 11.8 Å². The Morgan fingerprint density at radius 2 is 1.70 bits per heavy atom. The molecule has 0 saturated heterocycles. The summed E-state index contributed by atoms with van der Waals surface area (Å²) in [6.45, 7) is 1.93. The highest BCUT2D eigenvalue weighted by atomic mass is 79.9. The molecular formula is C15H12Br2F2O. The van der Waals surface area contributed by atoms with Crippen LogP contribution in [0.1, 0.15) is 21.5 Å². The third-order valence-corrected chi connectivity index (χ3v) is 4.64. The second-order valence-corrected chi connectivity index (χ2v) is 6.16. The number of hydrogen-bond acceptors (Lipinski definition) is 1. The van der Waals surface area contributed by atoms with Gasteiger partial charge < -0.3 is 4.74 Å². The van der Waals surface area contributed by atoms with Gasteiger partial charge in [-0.3, -0.25) is 0 Å². The standard InChI is InChI=1S/C15H12Br2F2O/c1-8-3-4-11(16)10(5-8)15(17)14-12(18)6-9(20-2)7-13(14)19/h3-7,15H,1-2H3. The Bertz CT molecular complexity index is 621. The van der Waals surface area contributed by atoms with Gasteiger partial charge in [-0.25, -0.2) is 8.78 Å². The average molecular weight is 406 g/mol. The Labute approximate surface area is 133 Å². The Balaban J connectivity index is 2.53. The van der Waals surface area contributed by atoms with E-state index in [4.69, 9.17) is 4.74 Å². The highest BCUT2D eigenvalue weighted by Crippen LogP contribution is 2.39. The van der Waals surface area contributed by atoms with E-state index in [0.717, 1.165) is 15.6 Å². The lowest BCUT2D eigenvalue weighted by molar-refractivity contribution is 0.405. The fraction of sp³-hybridized carbons (Fsp3) is 0.200. The Morgan fingerprint density at radius 1 is 1.10 bits per heavy atom. The number of alkyl halides is 1. The lowest BCUT2D eigenvalue weighted by Gasteiger charge is -2.16. The molecule has 0 aromatic heterocycles. The van der Waals surface area contributed by atoms with Gasteiger partial charge in [0, 0.05) is 22.2 Å². The highest BCUT2D eigenvalue weighted by Gasteiger charge is 2.22. The number of benzene rings is 2. The summed E-state index contributed by atoms with van der Waals surface area (Å²) in [6.07, 6.45) is 0. The fourth-order valence-corrected chi connectivity index (χ4v) is 3.53. The summed E-state index contributed by atoms with van der Waals surface area (Å²) in [5, 5.41) is 0. The molecule has 0 aliphatic heterocycles. The minimum absolute atomic E-state index is 0.0305. The third kappa shape index (κ3) is 3.04. The monoisotopic (exact) mass is 404 g/mol. The third-order valence-electron chi connectivity index (χ3n) is 2.97. The van der Waals surface area contributed by atoms with Crippen LogP contribution < -0.4 is 4.74 Å². The van der Waals surface area contributed by atoms with E-state index in [-0.39, 0.29) is 11.3 Å². The van der Waals surface area contributed by atoms with Crippen LogP contribution in [-0.4, -0.2) is 7.11 Å². The van der Waals surface area contributed by atoms with E-state index in [0.29, 0.717) is 0 Å². The zero-order valence-electron chi connectivity index (χ0n) is 10.9. The van der Waals surface area contributed by atoms with E-state index >= 15 is 0 Å². The number of rotatable bonds is 3.